The smallest absolute Gasteiger partial charge is 0.254 e. The van der Waals surface area contributed by atoms with E-state index in [-0.39, 0.29) is 0 Å². The van der Waals surface area contributed by atoms with Crippen LogP contribution in [0, 0.1) is 5.92 Å². The minimum absolute atomic E-state index is 0.358. The van der Waals surface area contributed by atoms with E-state index in [2.05, 4.69) is 27.5 Å². The topological polar surface area (TPSA) is 92.9 Å². The first-order valence-corrected chi connectivity index (χ1v) is 9.31. The number of carbonyl (C=O) groups excluding carboxylic acids is 1. The van der Waals surface area contributed by atoms with Crippen LogP contribution in [0.4, 0.5) is 11.8 Å². The molecule has 4 N–H and O–H groups in total. The van der Waals surface area contributed by atoms with Crippen molar-refractivity contribution < 1.29 is 4.79 Å². The second-order valence-corrected chi connectivity index (χ2v) is 7.40. The second-order valence-electron chi connectivity index (χ2n) is 7.40. The average Bonchev–Trinajstić information content (AvgIpc) is 2.58. The van der Waals surface area contributed by atoms with Gasteiger partial charge >= 0.3 is 0 Å². The number of aromatic nitrogens is 2. The number of nitrogens with two attached hydrogens (primary N) is 1. The van der Waals surface area contributed by atoms with Gasteiger partial charge in [0.1, 0.15) is 5.82 Å². The summed E-state index contributed by atoms with van der Waals surface area (Å²) in [6, 6.07) is 0.790. The Kier molecular flexibility index (Phi) is 5.53. The number of rotatable bonds is 5. The number of nitrogens with zero attached hydrogens (tertiary/aromatic N) is 2. The summed E-state index contributed by atoms with van der Waals surface area (Å²) in [5, 5.41) is 6.85. The molecular formula is C18H29N5O. The molecule has 24 heavy (non-hydrogen) atoms. The highest BCUT2D eigenvalue weighted by molar-refractivity contribution is 5.97. The SMILES string of the molecule is C[C@H]1CC[C@@H](Nc2nc(NC3CCCCC3)ncc2C(N)=O)CC1. The molecule has 6 nitrogen and oxygen atoms in total. The van der Waals surface area contributed by atoms with Crippen LogP contribution >= 0.6 is 0 Å². The molecule has 6 heteroatoms. The van der Waals surface area contributed by atoms with E-state index < -0.39 is 5.91 Å². The van der Waals surface area contributed by atoms with Crippen LogP contribution in [0.25, 0.3) is 0 Å². The van der Waals surface area contributed by atoms with E-state index in [1.54, 1.807) is 6.20 Å². The van der Waals surface area contributed by atoms with E-state index in [9.17, 15) is 4.79 Å². The van der Waals surface area contributed by atoms with Crippen LogP contribution in [0.5, 0.6) is 0 Å². The third-order valence-corrected chi connectivity index (χ3v) is 5.35. The maximum absolute atomic E-state index is 11.7. The van der Waals surface area contributed by atoms with Crippen molar-refractivity contribution in [1.29, 1.82) is 0 Å². The largest absolute Gasteiger partial charge is 0.367 e. The highest BCUT2D eigenvalue weighted by atomic mass is 16.1. The molecule has 1 heterocycles. The average molecular weight is 331 g/mol. The summed E-state index contributed by atoms with van der Waals surface area (Å²) in [4.78, 5) is 20.6. The van der Waals surface area contributed by atoms with Crippen LogP contribution in [-0.2, 0) is 0 Å². The van der Waals surface area contributed by atoms with Crippen LogP contribution in [0.3, 0.4) is 0 Å². The fourth-order valence-electron chi connectivity index (χ4n) is 3.77. The molecule has 0 radical (unpaired) electrons. The van der Waals surface area contributed by atoms with Crippen molar-refractivity contribution >= 4 is 17.7 Å². The molecule has 132 valence electrons. The van der Waals surface area contributed by atoms with E-state index in [1.165, 1.54) is 32.1 Å². The summed E-state index contributed by atoms with van der Waals surface area (Å²) in [5.74, 6) is 1.48. The summed E-state index contributed by atoms with van der Waals surface area (Å²) in [6.45, 7) is 2.29. The van der Waals surface area contributed by atoms with Gasteiger partial charge in [-0.1, -0.05) is 26.2 Å². The van der Waals surface area contributed by atoms with Crippen LogP contribution in [-0.4, -0.2) is 28.0 Å². The lowest BCUT2D eigenvalue weighted by Crippen LogP contribution is -2.28. The van der Waals surface area contributed by atoms with Crippen LogP contribution < -0.4 is 16.4 Å². The van der Waals surface area contributed by atoms with Gasteiger partial charge in [0.25, 0.3) is 5.91 Å². The zero-order valence-electron chi connectivity index (χ0n) is 14.6. The molecule has 0 spiro atoms. The highest BCUT2D eigenvalue weighted by Gasteiger charge is 2.22. The predicted molar refractivity (Wildman–Crippen MR) is 96.1 cm³/mol. The van der Waals surface area contributed by atoms with Gasteiger partial charge in [-0.05, 0) is 44.4 Å². The maximum Gasteiger partial charge on any atom is 0.254 e. The first kappa shape index (κ1) is 17.0. The standard InChI is InChI=1S/C18H29N5O/c1-12-7-9-14(10-8-12)21-17-15(16(19)24)11-20-18(23-17)22-13-5-3-2-4-6-13/h11-14H,2-10H2,1H3,(H2,19,24)(H2,20,21,22,23)/t12-,14+. The van der Waals surface area contributed by atoms with Gasteiger partial charge in [0, 0.05) is 18.3 Å². The molecular weight excluding hydrogens is 302 g/mol. The molecule has 0 atom stereocenters. The van der Waals surface area contributed by atoms with Crippen LogP contribution in [0.2, 0.25) is 0 Å². The van der Waals surface area contributed by atoms with Crippen molar-refractivity contribution in [1.82, 2.24) is 9.97 Å². The van der Waals surface area contributed by atoms with Gasteiger partial charge in [-0.25, -0.2) is 4.98 Å². The lowest BCUT2D eigenvalue weighted by atomic mass is 9.87. The van der Waals surface area contributed by atoms with E-state index in [4.69, 9.17) is 5.73 Å². The molecule has 2 aliphatic carbocycles. The molecule has 2 fully saturated rings. The Morgan fingerprint density at radius 1 is 1.04 bits per heavy atom. The quantitative estimate of drug-likeness (QED) is 0.769. The molecule has 0 saturated heterocycles. The Balaban J connectivity index is 1.71. The van der Waals surface area contributed by atoms with Gasteiger partial charge in [-0.2, -0.15) is 4.98 Å². The minimum Gasteiger partial charge on any atom is -0.367 e. The summed E-state index contributed by atoms with van der Waals surface area (Å²) >= 11 is 0. The number of hydrogen-bond donors (Lipinski definition) is 3. The molecule has 2 saturated carbocycles. The van der Waals surface area contributed by atoms with E-state index in [1.807, 2.05) is 0 Å². The summed E-state index contributed by atoms with van der Waals surface area (Å²) in [5.41, 5.74) is 5.87. The summed E-state index contributed by atoms with van der Waals surface area (Å²) in [7, 11) is 0. The van der Waals surface area contributed by atoms with Crippen molar-refractivity contribution in [3.05, 3.63) is 11.8 Å². The van der Waals surface area contributed by atoms with Gasteiger partial charge < -0.3 is 16.4 Å². The lowest BCUT2D eigenvalue weighted by Gasteiger charge is -2.28. The Morgan fingerprint density at radius 3 is 2.38 bits per heavy atom. The van der Waals surface area contributed by atoms with Gasteiger partial charge in [-0.3, -0.25) is 4.79 Å². The highest BCUT2D eigenvalue weighted by Crippen LogP contribution is 2.27. The Hall–Kier alpha value is -1.85. The Morgan fingerprint density at radius 2 is 1.71 bits per heavy atom. The van der Waals surface area contributed by atoms with Crippen molar-refractivity contribution in [2.24, 2.45) is 11.7 Å². The fraction of sp³-hybridized carbons (Fsp3) is 0.722. The zero-order chi connectivity index (χ0) is 16.9. The molecule has 1 aromatic rings. The Labute approximate surface area is 144 Å². The van der Waals surface area contributed by atoms with Crippen molar-refractivity contribution in [3.8, 4) is 0 Å². The first-order chi connectivity index (χ1) is 11.6. The molecule has 1 aromatic heterocycles. The summed E-state index contributed by atoms with van der Waals surface area (Å²) in [6.07, 6.45) is 12.3. The third kappa shape index (κ3) is 4.36. The molecule has 1 amide bonds. The molecule has 3 rings (SSSR count). The van der Waals surface area contributed by atoms with E-state index in [0.29, 0.717) is 29.4 Å². The van der Waals surface area contributed by atoms with E-state index >= 15 is 0 Å². The second kappa shape index (κ2) is 7.81. The summed E-state index contributed by atoms with van der Waals surface area (Å²) < 4.78 is 0. The number of nitrogens with one attached hydrogen (secondary N) is 2. The fourth-order valence-corrected chi connectivity index (χ4v) is 3.77. The number of hydrogen-bond acceptors (Lipinski definition) is 5. The molecule has 0 unspecified atom stereocenters. The van der Waals surface area contributed by atoms with E-state index in [0.717, 1.165) is 31.6 Å². The van der Waals surface area contributed by atoms with Crippen LogP contribution in [0.1, 0.15) is 75.1 Å². The third-order valence-electron chi connectivity index (χ3n) is 5.35. The molecule has 0 aliphatic heterocycles. The van der Waals surface area contributed by atoms with Crippen molar-refractivity contribution in [3.63, 3.8) is 0 Å². The van der Waals surface area contributed by atoms with Gasteiger partial charge in [-0.15, -0.1) is 0 Å². The predicted octanol–water partition coefficient (Wildman–Crippen LogP) is 3.31. The van der Waals surface area contributed by atoms with Crippen molar-refractivity contribution in [2.75, 3.05) is 10.6 Å². The maximum atomic E-state index is 11.7. The number of carbonyl (C=O) groups is 1. The van der Waals surface area contributed by atoms with Crippen LogP contribution in [0.15, 0.2) is 6.20 Å². The molecule has 0 bridgehead atoms. The van der Waals surface area contributed by atoms with Crippen molar-refractivity contribution in [2.45, 2.75) is 76.8 Å². The molecule has 0 aromatic carbocycles. The lowest BCUT2D eigenvalue weighted by molar-refractivity contribution is 0.100. The molecule has 2 aliphatic rings. The number of primary amides is 1. The number of amides is 1. The first-order valence-electron chi connectivity index (χ1n) is 9.31. The Bertz CT molecular complexity index is 563. The number of anilines is 2. The minimum atomic E-state index is -0.481. The van der Waals surface area contributed by atoms with Gasteiger partial charge in [0.05, 0.1) is 5.56 Å². The normalized spacial score (nSPS) is 25.2. The zero-order valence-corrected chi connectivity index (χ0v) is 14.6. The monoisotopic (exact) mass is 331 g/mol. The van der Waals surface area contributed by atoms with Gasteiger partial charge in [0.2, 0.25) is 5.95 Å². The van der Waals surface area contributed by atoms with Gasteiger partial charge in [0.15, 0.2) is 0 Å².